The van der Waals surface area contributed by atoms with Crippen LogP contribution in [0.3, 0.4) is 0 Å². The van der Waals surface area contributed by atoms with Gasteiger partial charge in [-0.3, -0.25) is 4.98 Å². The first-order valence-corrected chi connectivity index (χ1v) is 7.00. The SMILES string of the molecule is Fc1cncc(Cl)c1-c1ccc2c(c1)CNC2.O=C(O)C(F)(F)F. The Hall–Kier alpha value is -2.19. The number of rotatable bonds is 1. The van der Waals surface area contributed by atoms with E-state index in [1.54, 1.807) is 0 Å². The van der Waals surface area contributed by atoms with Crippen molar-refractivity contribution in [2.24, 2.45) is 0 Å². The van der Waals surface area contributed by atoms with Crippen LogP contribution in [0, 0.1) is 5.82 Å². The van der Waals surface area contributed by atoms with Crippen LogP contribution >= 0.6 is 11.6 Å². The minimum atomic E-state index is -5.08. The van der Waals surface area contributed by atoms with Gasteiger partial charge in [0.2, 0.25) is 0 Å². The highest BCUT2D eigenvalue weighted by molar-refractivity contribution is 6.33. The topological polar surface area (TPSA) is 62.2 Å². The number of aromatic nitrogens is 1. The van der Waals surface area contributed by atoms with Gasteiger partial charge in [0.15, 0.2) is 5.82 Å². The van der Waals surface area contributed by atoms with Crippen molar-refractivity contribution in [2.75, 3.05) is 0 Å². The predicted molar refractivity (Wildman–Crippen MR) is 78.9 cm³/mol. The highest BCUT2D eigenvalue weighted by atomic mass is 35.5. The largest absolute Gasteiger partial charge is 0.490 e. The molecule has 0 unspecified atom stereocenters. The molecule has 0 bridgehead atoms. The molecule has 0 saturated carbocycles. The Morgan fingerprint density at radius 1 is 1.21 bits per heavy atom. The second-order valence-electron chi connectivity index (χ2n) is 4.87. The Morgan fingerprint density at radius 3 is 2.42 bits per heavy atom. The van der Waals surface area contributed by atoms with E-state index in [0.29, 0.717) is 10.6 Å². The number of alkyl halides is 3. The molecule has 0 spiro atoms. The number of fused-ring (bicyclic) bond motifs is 1. The Balaban J connectivity index is 0.000000256. The third-order valence-electron chi connectivity index (χ3n) is 3.22. The lowest BCUT2D eigenvalue weighted by molar-refractivity contribution is -0.192. The van der Waals surface area contributed by atoms with Crippen LogP contribution < -0.4 is 5.32 Å². The number of benzene rings is 1. The number of halogens is 5. The van der Waals surface area contributed by atoms with Crippen molar-refractivity contribution in [3.8, 4) is 11.1 Å². The molecule has 0 fully saturated rings. The number of nitrogens with one attached hydrogen (secondary N) is 1. The van der Waals surface area contributed by atoms with E-state index in [1.807, 2.05) is 18.2 Å². The Kier molecular flexibility index (Phi) is 5.40. The quantitative estimate of drug-likeness (QED) is 0.758. The average Bonchev–Trinajstić information content (AvgIpc) is 2.94. The highest BCUT2D eigenvalue weighted by Gasteiger charge is 2.38. The van der Waals surface area contributed by atoms with Crippen LogP contribution in [-0.4, -0.2) is 22.2 Å². The van der Waals surface area contributed by atoms with Crippen LogP contribution in [0.5, 0.6) is 0 Å². The zero-order chi connectivity index (χ0) is 17.9. The number of aliphatic carboxylic acids is 1. The van der Waals surface area contributed by atoms with E-state index >= 15 is 0 Å². The summed E-state index contributed by atoms with van der Waals surface area (Å²) in [5.41, 5.74) is 3.70. The molecule has 1 aliphatic rings. The van der Waals surface area contributed by atoms with Crippen molar-refractivity contribution < 1.29 is 27.5 Å². The summed E-state index contributed by atoms with van der Waals surface area (Å²) in [7, 11) is 0. The van der Waals surface area contributed by atoms with Crippen LogP contribution in [-0.2, 0) is 17.9 Å². The second kappa shape index (κ2) is 7.14. The summed E-state index contributed by atoms with van der Waals surface area (Å²) in [5, 5.41) is 10.7. The molecule has 4 nitrogen and oxygen atoms in total. The molecule has 1 aliphatic heterocycles. The van der Waals surface area contributed by atoms with Gasteiger partial charge in [-0.1, -0.05) is 23.7 Å². The Bertz CT molecular complexity index is 745. The molecular formula is C15H11ClF4N2O2. The number of carboxylic acid groups (broad SMARTS) is 1. The number of carboxylic acids is 1. The fourth-order valence-corrected chi connectivity index (χ4v) is 2.39. The van der Waals surface area contributed by atoms with Gasteiger partial charge in [0, 0.05) is 24.8 Å². The molecule has 0 amide bonds. The smallest absolute Gasteiger partial charge is 0.475 e. The van der Waals surface area contributed by atoms with E-state index in [0.717, 1.165) is 18.7 Å². The minimum Gasteiger partial charge on any atom is -0.475 e. The van der Waals surface area contributed by atoms with Gasteiger partial charge >= 0.3 is 12.1 Å². The summed E-state index contributed by atoms with van der Waals surface area (Å²) < 4.78 is 45.5. The van der Waals surface area contributed by atoms with Crippen molar-refractivity contribution in [2.45, 2.75) is 19.3 Å². The van der Waals surface area contributed by atoms with Gasteiger partial charge in [-0.15, -0.1) is 0 Å². The third kappa shape index (κ3) is 4.21. The molecule has 24 heavy (non-hydrogen) atoms. The Morgan fingerprint density at radius 2 is 1.83 bits per heavy atom. The van der Waals surface area contributed by atoms with Crippen LogP contribution in [0.25, 0.3) is 11.1 Å². The van der Waals surface area contributed by atoms with E-state index in [9.17, 15) is 17.6 Å². The van der Waals surface area contributed by atoms with Gasteiger partial charge in [0.1, 0.15) is 0 Å². The number of carbonyl (C=O) groups is 1. The Labute approximate surface area is 139 Å². The van der Waals surface area contributed by atoms with Crippen LogP contribution in [0.15, 0.2) is 30.6 Å². The van der Waals surface area contributed by atoms with E-state index < -0.39 is 12.1 Å². The molecule has 9 heteroatoms. The first-order chi connectivity index (χ1) is 11.2. The number of nitrogens with zero attached hydrogens (tertiary/aromatic N) is 1. The first kappa shape index (κ1) is 18.2. The molecule has 0 radical (unpaired) electrons. The van der Waals surface area contributed by atoms with Crippen molar-refractivity contribution in [3.63, 3.8) is 0 Å². The molecule has 2 N–H and O–H groups in total. The zero-order valence-corrected chi connectivity index (χ0v) is 12.7. The maximum atomic E-state index is 13.7. The van der Waals surface area contributed by atoms with Gasteiger partial charge in [0.25, 0.3) is 0 Å². The molecule has 0 saturated heterocycles. The van der Waals surface area contributed by atoms with Crippen LogP contribution in [0.1, 0.15) is 11.1 Å². The summed E-state index contributed by atoms with van der Waals surface area (Å²) in [6.07, 6.45) is -2.43. The normalized spacial score (nSPS) is 13.0. The molecule has 0 aliphatic carbocycles. The summed E-state index contributed by atoms with van der Waals surface area (Å²) in [6, 6.07) is 5.90. The highest BCUT2D eigenvalue weighted by Crippen LogP contribution is 2.31. The molecule has 2 aromatic rings. The molecule has 0 atom stereocenters. The minimum absolute atomic E-state index is 0.343. The lowest BCUT2D eigenvalue weighted by atomic mass is 10.0. The third-order valence-corrected chi connectivity index (χ3v) is 3.51. The van der Waals surface area contributed by atoms with Gasteiger partial charge in [-0.2, -0.15) is 13.2 Å². The van der Waals surface area contributed by atoms with Gasteiger partial charge in [-0.05, 0) is 22.8 Å². The molecule has 2 heterocycles. The molecule has 1 aromatic carbocycles. The maximum Gasteiger partial charge on any atom is 0.490 e. The number of hydrogen-bond donors (Lipinski definition) is 2. The predicted octanol–water partition coefficient (Wildman–Crippen LogP) is 3.78. The summed E-state index contributed by atoms with van der Waals surface area (Å²) >= 11 is 6.00. The average molecular weight is 363 g/mol. The van der Waals surface area contributed by atoms with Gasteiger partial charge in [0.05, 0.1) is 11.2 Å². The first-order valence-electron chi connectivity index (χ1n) is 6.62. The van der Waals surface area contributed by atoms with Crippen molar-refractivity contribution >= 4 is 17.6 Å². The maximum absolute atomic E-state index is 13.7. The van der Waals surface area contributed by atoms with Crippen molar-refractivity contribution in [1.29, 1.82) is 0 Å². The van der Waals surface area contributed by atoms with E-state index in [2.05, 4.69) is 10.3 Å². The van der Waals surface area contributed by atoms with E-state index in [-0.39, 0.29) is 5.82 Å². The van der Waals surface area contributed by atoms with Crippen molar-refractivity contribution in [1.82, 2.24) is 10.3 Å². The fourth-order valence-electron chi connectivity index (χ4n) is 2.14. The van der Waals surface area contributed by atoms with Gasteiger partial charge in [-0.25, -0.2) is 9.18 Å². The summed E-state index contributed by atoms with van der Waals surface area (Å²) in [5.74, 6) is -3.14. The van der Waals surface area contributed by atoms with E-state index in [4.69, 9.17) is 21.5 Å². The van der Waals surface area contributed by atoms with E-state index in [1.165, 1.54) is 23.5 Å². The monoisotopic (exact) mass is 362 g/mol. The molecule has 128 valence electrons. The lowest BCUT2D eigenvalue weighted by Gasteiger charge is -2.07. The second-order valence-corrected chi connectivity index (χ2v) is 5.28. The van der Waals surface area contributed by atoms with Gasteiger partial charge < -0.3 is 10.4 Å². The zero-order valence-electron chi connectivity index (χ0n) is 12.0. The number of pyridine rings is 1. The fraction of sp³-hybridized carbons (Fsp3) is 0.200. The standard InChI is InChI=1S/C13H10ClFN2.C2HF3O2/c14-11-6-17-7-12(15)13(11)8-1-2-9-4-16-5-10(9)3-8;3-2(4,5)1(6)7/h1-3,6-7,16H,4-5H2;(H,6,7). The summed E-state index contributed by atoms with van der Waals surface area (Å²) in [6.45, 7) is 1.70. The van der Waals surface area contributed by atoms with Crippen LogP contribution in [0.4, 0.5) is 17.6 Å². The molecule has 1 aromatic heterocycles. The number of hydrogen-bond acceptors (Lipinski definition) is 3. The summed E-state index contributed by atoms with van der Waals surface area (Å²) in [4.78, 5) is 12.6. The molecular weight excluding hydrogens is 352 g/mol. The van der Waals surface area contributed by atoms with Crippen molar-refractivity contribution in [3.05, 3.63) is 52.6 Å². The lowest BCUT2D eigenvalue weighted by Crippen LogP contribution is -2.21. The van der Waals surface area contributed by atoms with Crippen LogP contribution in [0.2, 0.25) is 5.02 Å². The molecule has 3 rings (SSSR count).